The van der Waals surface area contributed by atoms with E-state index in [1.165, 1.54) is 11.8 Å². The zero-order chi connectivity index (χ0) is 12.7. The first-order valence-corrected chi connectivity index (χ1v) is 6.50. The van der Waals surface area contributed by atoms with E-state index in [1.807, 2.05) is 47.1 Å². The number of aromatic nitrogens is 6. The summed E-state index contributed by atoms with van der Waals surface area (Å²) in [7, 11) is 0. The predicted octanol–water partition coefficient (Wildman–Crippen LogP) is 1.92. The van der Waals surface area contributed by atoms with Crippen molar-refractivity contribution < 1.29 is 0 Å². The molecule has 0 fully saturated rings. The summed E-state index contributed by atoms with van der Waals surface area (Å²) in [6, 6.07) is 9.67. The fraction of sp³-hybridized carbons (Fsp3) is 0. The van der Waals surface area contributed by atoms with E-state index in [2.05, 4.69) is 20.3 Å². The Hall–Kier alpha value is -2.41. The van der Waals surface area contributed by atoms with Gasteiger partial charge in [-0.1, -0.05) is 6.07 Å². The quantitative estimate of drug-likeness (QED) is 0.556. The summed E-state index contributed by atoms with van der Waals surface area (Å²) in [6.45, 7) is 0. The Kier molecular flexibility index (Phi) is 2.25. The van der Waals surface area contributed by atoms with Crippen molar-refractivity contribution >= 4 is 23.1 Å². The molecule has 0 aliphatic rings. The molecule has 0 amide bonds. The maximum absolute atomic E-state index is 4.45. The molecule has 0 N–H and O–H groups in total. The summed E-state index contributed by atoms with van der Waals surface area (Å²) in [5.41, 5.74) is 1.66. The minimum Gasteiger partial charge on any atom is -0.277 e. The topological polar surface area (TPSA) is 60.4 Å². The van der Waals surface area contributed by atoms with Crippen LogP contribution in [0.1, 0.15) is 0 Å². The molecular weight excluding hydrogens is 260 g/mol. The molecule has 4 heterocycles. The van der Waals surface area contributed by atoms with E-state index in [4.69, 9.17) is 0 Å². The lowest BCUT2D eigenvalue weighted by atomic mass is 10.5. The predicted molar refractivity (Wildman–Crippen MR) is 70.1 cm³/mol. The van der Waals surface area contributed by atoms with Crippen LogP contribution in [0.5, 0.6) is 0 Å². The number of imidazole rings is 1. The van der Waals surface area contributed by atoms with Gasteiger partial charge in [0.2, 0.25) is 5.16 Å². The lowest BCUT2D eigenvalue weighted by molar-refractivity contribution is 0.849. The first-order chi connectivity index (χ1) is 9.40. The van der Waals surface area contributed by atoms with Gasteiger partial charge in [-0.25, -0.2) is 9.50 Å². The number of pyridine rings is 1. The van der Waals surface area contributed by atoms with Crippen LogP contribution >= 0.6 is 11.8 Å². The molecule has 0 aromatic carbocycles. The van der Waals surface area contributed by atoms with Crippen LogP contribution in [0, 0.1) is 0 Å². The smallest absolute Gasteiger partial charge is 0.201 e. The van der Waals surface area contributed by atoms with Crippen LogP contribution in [0.3, 0.4) is 0 Å². The molecule has 0 radical (unpaired) electrons. The van der Waals surface area contributed by atoms with Gasteiger partial charge >= 0.3 is 0 Å². The lowest BCUT2D eigenvalue weighted by Gasteiger charge is -1.99. The Balaban J connectivity index is 1.77. The summed E-state index contributed by atoms with van der Waals surface area (Å²) >= 11 is 1.47. The highest BCUT2D eigenvalue weighted by Gasteiger charge is 2.08. The van der Waals surface area contributed by atoms with Gasteiger partial charge in [0.15, 0.2) is 11.3 Å². The number of fused-ring (bicyclic) bond motifs is 2. The highest BCUT2D eigenvalue weighted by atomic mass is 32.2. The second kappa shape index (κ2) is 4.06. The van der Waals surface area contributed by atoms with Gasteiger partial charge in [-0.05, 0) is 36.0 Å². The molecule has 4 aromatic heterocycles. The van der Waals surface area contributed by atoms with Gasteiger partial charge in [0.25, 0.3) is 0 Å². The van der Waals surface area contributed by atoms with Gasteiger partial charge < -0.3 is 0 Å². The number of hydrogen-bond acceptors (Lipinski definition) is 5. The Morgan fingerprint density at radius 1 is 0.947 bits per heavy atom. The van der Waals surface area contributed by atoms with Crippen molar-refractivity contribution in [2.45, 2.75) is 10.2 Å². The van der Waals surface area contributed by atoms with Gasteiger partial charge in [-0.3, -0.25) is 4.40 Å². The molecule has 7 heteroatoms. The van der Waals surface area contributed by atoms with Crippen LogP contribution in [0.25, 0.3) is 11.3 Å². The van der Waals surface area contributed by atoms with E-state index in [-0.39, 0.29) is 0 Å². The third-order valence-corrected chi connectivity index (χ3v) is 3.60. The largest absolute Gasteiger partial charge is 0.277 e. The van der Waals surface area contributed by atoms with Crippen molar-refractivity contribution in [3.63, 3.8) is 0 Å². The fourth-order valence-corrected chi connectivity index (χ4v) is 2.62. The maximum Gasteiger partial charge on any atom is 0.201 e. The summed E-state index contributed by atoms with van der Waals surface area (Å²) in [5, 5.41) is 14.4. The van der Waals surface area contributed by atoms with E-state index in [1.54, 1.807) is 10.7 Å². The first-order valence-electron chi connectivity index (χ1n) is 5.68. The summed E-state index contributed by atoms with van der Waals surface area (Å²) in [4.78, 5) is 4.16. The van der Waals surface area contributed by atoms with Crippen LogP contribution in [0.4, 0.5) is 0 Å². The molecule has 0 aliphatic heterocycles. The molecule has 6 nitrogen and oxygen atoms in total. The molecule has 4 rings (SSSR count). The van der Waals surface area contributed by atoms with Crippen molar-refractivity contribution in [1.82, 2.24) is 29.2 Å². The third kappa shape index (κ3) is 1.75. The van der Waals surface area contributed by atoms with E-state index in [0.29, 0.717) is 0 Å². The van der Waals surface area contributed by atoms with Gasteiger partial charge in [-0.15, -0.1) is 10.2 Å². The van der Waals surface area contributed by atoms with Crippen LogP contribution in [0.2, 0.25) is 0 Å². The van der Waals surface area contributed by atoms with Crippen LogP contribution in [-0.2, 0) is 0 Å². The number of nitrogens with zero attached hydrogens (tertiary/aromatic N) is 6. The van der Waals surface area contributed by atoms with Gasteiger partial charge in [0.1, 0.15) is 5.03 Å². The van der Waals surface area contributed by atoms with Crippen molar-refractivity contribution in [3.05, 3.63) is 48.9 Å². The minimum atomic E-state index is 0.794. The Morgan fingerprint density at radius 2 is 1.95 bits per heavy atom. The van der Waals surface area contributed by atoms with E-state index in [0.717, 1.165) is 21.5 Å². The molecule has 0 atom stereocenters. The van der Waals surface area contributed by atoms with Crippen molar-refractivity contribution in [1.29, 1.82) is 0 Å². The zero-order valence-electron chi connectivity index (χ0n) is 9.71. The van der Waals surface area contributed by atoms with E-state index < -0.39 is 0 Å². The number of rotatable bonds is 2. The molecule has 0 unspecified atom stereocenters. The highest BCUT2D eigenvalue weighted by molar-refractivity contribution is 7.99. The highest BCUT2D eigenvalue weighted by Crippen LogP contribution is 2.24. The molecule has 92 valence electrons. The standard InChI is InChI=1S/C12H8N6S/c1-2-7-17-10(3-1)14-15-12(17)19-11-5-4-9-13-6-8-18(9)16-11/h1-8H. The Morgan fingerprint density at radius 3 is 2.95 bits per heavy atom. The molecule has 0 bridgehead atoms. The first kappa shape index (κ1) is 10.5. The van der Waals surface area contributed by atoms with Crippen LogP contribution in [0.15, 0.2) is 59.1 Å². The average Bonchev–Trinajstić information content (AvgIpc) is 3.06. The molecule has 0 saturated heterocycles. The van der Waals surface area contributed by atoms with Crippen LogP contribution < -0.4 is 0 Å². The van der Waals surface area contributed by atoms with Crippen LogP contribution in [-0.4, -0.2) is 29.2 Å². The zero-order valence-corrected chi connectivity index (χ0v) is 10.5. The lowest BCUT2D eigenvalue weighted by Crippen LogP contribution is -1.93. The molecule has 4 aromatic rings. The van der Waals surface area contributed by atoms with Gasteiger partial charge in [0, 0.05) is 18.6 Å². The minimum absolute atomic E-state index is 0.794. The molecule has 0 spiro atoms. The van der Waals surface area contributed by atoms with Gasteiger partial charge in [0.05, 0.1) is 0 Å². The summed E-state index contributed by atoms with van der Waals surface area (Å²) < 4.78 is 3.68. The summed E-state index contributed by atoms with van der Waals surface area (Å²) in [5.74, 6) is 0. The monoisotopic (exact) mass is 268 g/mol. The summed E-state index contributed by atoms with van der Waals surface area (Å²) in [6.07, 6.45) is 5.48. The Labute approximate surface area is 112 Å². The van der Waals surface area contributed by atoms with E-state index in [9.17, 15) is 0 Å². The second-order valence-electron chi connectivity index (χ2n) is 3.92. The molecule has 0 saturated carbocycles. The maximum atomic E-state index is 4.45. The van der Waals surface area contributed by atoms with Crippen molar-refractivity contribution in [2.24, 2.45) is 0 Å². The fourth-order valence-electron chi connectivity index (χ4n) is 1.83. The normalized spacial score (nSPS) is 11.4. The van der Waals surface area contributed by atoms with E-state index >= 15 is 0 Å². The molecular formula is C12H8N6S. The van der Waals surface area contributed by atoms with Crippen molar-refractivity contribution in [3.8, 4) is 0 Å². The number of hydrogen-bond donors (Lipinski definition) is 0. The third-order valence-electron chi connectivity index (χ3n) is 2.71. The van der Waals surface area contributed by atoms with Gasteiger partial charge in [-0.2, -0.15) is 5.10 Å². The SMILES string of the molecule is c1ccn2c(Sc3ccc4nccn4n3)nnc2c1. The second-order valence-corrected chi connectivity index (χ2v) is 4.90. The average molecular weight is 268 g/mol. The molecule has 19 heavy (non-hydrogen) atoms. The Bertz CT molecular complexity index is 865. The van der Waals surface area contributed by atoms with Crippen molar-refractivity contribution in [2.75, 3.05) is 0 Å². The molecule has 0 aliphatic carbocycles.